The van der Waals surface area contributed by atoms with Gasteiger partial charge in [-0.25, -0.2) is 13.4 Å². The van der Waals surface area contributed by atoms with Crippen LogP contribution in [0.2, 0.25) is 5.15 Å². The lowest BCUT2D eigenvalue weighted by Crippen LogP contribution is -2.35. The third-order valence-corrected chi connectivity index (χ3v) is 6.78. The summed E-state index contributed by atoms with van der Waals surface area (Å²) in [6.07, 6.45) is 1.18. The molecule has 0 amide bonds. The van der Waals surface area contributed by atoms with Crippen LogP contribution in [0.5, 0.6) is 0 Å². The molecule has 2 heterocycles. The number of aromatic nitrogens is 1. The molecule has 102 valence electrons. The van der Waals surface area contributed by atoms with Crippen LogP contribution in [-0.2, 0) is 14.6 Å². The molecule has 1 saturated carbocycles. The molecule has 1 aliphatic heterocycles. The van der Waals surface area contributed by atoms with Gasteiger partial charge >= 0.3 is 5.97 Å². The smallest absolute Gasteiger partial charge is 0.308 e. The second-order valence-corrected chi connectivity index (χ2v) is 7.45. The van der Waals surface area contributed by atoms with Gasteiger partial charge in [-0.2, -0.15) is 0 Å². The Morgan fingerprint density at radius 3 is 2.79 bits per heavy atom. The lowest BCUT2D eigenvalue weighted by molar-refractivity contribution is -0.139. The fourth-order valence-corrected chi connectivity index (χ4v) is 5.46. The van der Waals surface area contributed by atoms with E-state index in [1.807, 2.05) is 0 Å². The first-order valence-electron chi connectivity index (χ1n) is 5.71. The first-order valence-corrected chi connectivity index (χ1v) is 7.57. The molecule has 1 aromatic heterocycles. The van der Waals surface area contributed by atoms with Crippen LogP contribution in [0, 0.1) is 11.8 Å². The van der Waals surface area contributed by atoms with E-state index in [-0.39, 0.29) is 22.5 Å². The van der Waals surface area contributed by atoms with Crippen LogP contribution in [0.3, 0.4) is 0 Å². The number of fused-ring (bicyclic) bond motifs is 1. The number of hydrogen-bond donors (Lipinski definition) is 2. The van der Waals surface area contributed by atoms with Crippen molar-refractivity contribution in [2.24, 2.45) is 11.8 Å². The molecule has 1 aromatic rings. The van der Waals surface area contributed by atoms with Gasteiger partial charge in [0, 0.05) is 25.2 Å². The third kappa shape index (κ3) is 1.55. The van der Waals surface area contributed by atoms with Gasteiger partial charge in [0.2, 0.25) is 0 Å². The first kappa shape index (κ1) is 12.8. The lowest BCUT2D eigenvalue weighted by atomic mass is 10.3. The van der Waals surface area contributed by atoms with Gasteiger partial charge in [-0.1, -0.05) is 11.6 Å². The number of hydrogen-bond acceptors (Lipinski definition) is 5. The molecule has 3 atom stereocenters. The van der Waals surface area contributed by atoms with E-state index >= 15 is 0 Å². The number of rotatable bonds is 3. The minimum Gasteiger partial charge on any atom is -0.481 e. The van der Waals surface area contributed by atoms with E-state index in [0.717, 1.165) is 0 Å². The largest absolute Gasteiger partial charge is 0.481 e. The molecular weight excluding hydrogens is 292 g/mol. The predicted molar refractivity (Wildman–Crippen MR) is 66.6 cm³/mol. The summed E-state index contributed by atoms with van der Waals surface area (Å²) in [4.78, 5) is 15.0. The van der Waals surface area contributed by atoms with E-state index in [1.165, 1.54) is 18.3 Å². The SMILES string of the molecule is O=C(O)C1C2CNCC21S(=O)(=O)c1ccc(Cl)nc1. The molecule has 19 heavy (non-hydrogen) atoms. The van der Waals surface area contributed by atoms with Crippen LogP contribution in [0.15, 0.2) is 23.2 Å². The van der Waals surface area contributed by atoms with Crippen molar-refractivity contribution in [3.8, 4) is 0 Å². The van der Waals surface area contributed by atoms with E-state index in [0.29, 0.717) is 6.54 Å². The third-order valence-electron chi connectivity index (χ3n) is 3.99. The van der Waals surface area contributed by atoms with Gasteiger partial charge in [-0.15, -0.1) is 0 Å². The Bertz CT molecular complexity index is 645. The molecule has 1 aliphatic carbocycles. The van der Waals surface area contributed by atoms with Crippen molar-refractivity contribution in [2.75, 3.05) is 13.1 Å². The molecule has 6 nitrogen and oxygen atoms in total. The molecule has 3 unspecified atom stereocenters. The summed E-state index contributed by atoms with van der Waals surface area (Å²) in [6, 6.07) is 2.76. The fraction of sp³-hybridized carbons (Fsp3) is 0.455. The quantitative estimate of drug-likeness (QED) is 0.773. The number of carbonyl (C=O) groups is 1. The number of nitrogens with one attached hydrogen (secondary N) is 1. The van der Waals surface area contributed by atoms with E-state index in [1.54, 1.807) is 0 Å². The van der Waals surface area contributed by atoms with E-state index < -0.39 is 26.5 Å². The molecule has 2 fully saturated rings. The highest BCUT2D eigenvalue weighted by atomic mass is 35.5. The highest BCUT2D eigenvalue weighted by Crippen LogP contribution is 2.60. The van der Waals surface area contributed by atoms with Crippen molar-refractivity contribution in [3.05, 3.63) is 23.5 Å². The Morgan fingerprint density at radius 2 is 2.26 bits per heavy atom. The standard InChI is InChI=1S/C11H11ClN2O4S/c12-8-2-1-6(3-14-8)19(17,18)11-5-13-4-7(11)9(11)10(15)16/h1-3,7,9,13H,4-5H2,(H,15,16). The van der Waals surface area contributed by atoms with Gasteiger partial charge < -0.3 is 10.4 Å². The highest BCUT2D eigenvalue weighted by molar-refractivity contribution is 7.93. The van der Waals surface area contributed by atoms with Crippen molar-refractivity contribution in [3.63, 3.8) is 0 Å². The molecule has 8 heteroatoms. The number of sulfone groups is 1. The van der Waals surface area contributed by atoms with Gasteiger partial charge in [-0.05, 0) is 12.1 Å². The topological polar surface area (TPSA) is 96.4 Å². The van der Waals surface area contributed by atoms with E-state index in [4.69, 9.17) is 16.7 Å². The van der Waals surface area contributed by atoms with Crippen LogP contribution >= 0.6 is 11.6 Å². The molecule has 1 saturated heterocycles. The minimum atomic E-state index is -3.74. The number of nitrogens with zero attached hydrogens (tertiary/aromatic N) is 1. The lowest BCUT2D eigenvalue weighted by Gasteiger charge is -2.14. The molecule has 0 aromatic carbocycles. The molecule has 3 rings (SSSR count). The molecule has 0 bridgehead atoms. The van der Waals surface area contributed by atoms with Crippen LogP contribution in [0.4, 0.5) is 0 Å². The van der Waals surface area contributed by atoms with Crippen LogP contribution in [-0.4, -0.2) is 42.3 Å². The van der Waals surface area contributed by atoms with Crippen LogP contribution in [0.1, 0.15) is 0 Å². The monoisotopic (exact) mass is 302 g/mol. The van der Waals surface area contributed by atoms with Crippen molar-refractivity contribution in [1.82, 2.24) is 10.3 Å². The van der Waals surface area contributed by atoms with Crippen molar-refractivity contribution in [2.45, 2.75) is 9.64 Å². The summed E-state index contributed by atoms with van der Waals surface area (Å²) in [6.45, 7) is 0.580. The van der Waals surface area contributed by atoms with Gasteiger partial charge in [-0.3, -0.25) is 4.79 Å². The summed E-state index contributed by atoms with van der Waals surface area (Å²) in [5.41, 5.74) is 0. The normalized spacial score (nSPS) is 32.9. The van der Waals surface area contributed by atoms with E-state index in [2.05, 4.69) is 10.3 Å². The molecule has 0 radical (unpaired) electrons. The Balaban J connectivity index is 2.06. The van der Waals surface area contributed by atoms with Crippen molar-refractivity contribution >= 4 is 27.4 Å². The summed E-state index contributed by atoms with van der Waals surface area (Å²) in [5, 5.41) is 12.3. The Hall–Kier alpha value is -1.18. The molecular formula is C11H11ClN2O4S. The van der Waals surface area contributed by atoms with Gasteiger partial charge in [0.15, 0.2) is 9.84 Å². The number of aliphatic carboxylic acids is 1. The number of piperidine rings is 1. The van der Waals surface area contributed by atoms with Crippen molar-refractivity contribution in [1.29, 1.82) is 0 Å². The number of carboxylic acid groups (broad SMARTS) is 1. The first-order chi connectivity index (χ1) is 8.91. The molecule has 2 N–H and O–H groups in total. The second-order valence-electron chi connectivity index (χ2n) is 4.83. The maximum atomic E-state index is 12.6. The zero-order chi connectivity index (χ0) is 13.8. The van der Waals surface area contributed by atoms with Crippen LogP contribution < -0.4 is 5.32 Å². The fourth-order valence-electron chi connectivity index (χ4n) is 3.03. The summed E-state index contributed by atoms with van der Waals surface area (Å²) < 4.78 is 24.0. The average Bonchev–Trinajstić information content (AvgIpc) is 2.82. The second kappa shape index (κ2) is 3.91. The average molecular weight is 303 g/mol. The zero-order valence-electron chi connectivity index (χ0n) is 9.71. The van der Waals surface area contributed by atoms with Gasteiger partial charge in [0.05, 0.1) is 10.8 Å². The molecule has 0 spiro atoms. The Morgan fingerprint density at radius 1 is 1.53 bits per heavy atom. The van der Waals surface area contributed by atoms with Crippen molar-refractivity contribution < 1.29 is 18.3 Å². The molecule has 2 aliphatic rings. The number of pyridine rings is 1. The van der Waals surface area contributed by atoms with Gasteiger partial charge in [0.25, 0.3) is 0 Å². The number of halogens is 1. The number of carboxylic acids is 1. The maximum Gasteiger partial charge on any atom is 0.308 e. The zero-order valence-corrected chi connectivity index (χ0v) is 11.3. The summed E-state index contributed by atoms with van der Waals surface area (Å²) in [7, 11) is -3.74. The van der Waals surface area contributed by atoms with Gasteiger partial charge in [0.1, 0.15) is 9.90 Å². The minimum absolute atomic E-state index is 0.0225. The summed E-state index contributed by atoms with van der Waals surface area (Å²) >= 11 is 5.63. The summed E-state index contributed by atoms with van der Waals surface area (Å²) in [5.74, 6) is -2.27. The predicted octanol–water partition coefficient (Wildman–Crippen LogP) is 0.181. The van der Waals surface area contributed by atoms with E-state index in [9.17, 15) is 13.2 Å². The highest BCUT2D eigenvalue weighted by Gasteiger charge is 2.77. The van der Waals surface area contributed by atoms with Crippen LogP contribution in [0.25, 0.3) is 0 Å². The Kier molecular flexibility index (Phi) is 2.64. The maximum absolute atomic E-state index is 12.6. The Labute approximate surface area is 114 Å².